The van der Waals surface area contributed by atoms with Crippen LogP contribution in [0.5, 0.6) is 0 Å². The van der Waals surface area contributed by atoms with Gasteiger partial charge in [-0.3, -0.25) is 9.20 Å². The van der Waals surface area contributed by atoms with E-state index in [1.165, 1.54) is 6.20 Å². The molecule has 3 aromatic rings. The summed E-state index contributed by atoms with van der Waals surface area (Å²) in [5.74, 6) is 0.609. The highest BCUT2D eigenvalue weighted by molar-refractivity contribution is 6.30. The van der Waals surface area contributed by atoms with Crippen molar-refractivity contribution in [3.05, 3.63) is 53.6 Å². The number of fused-ring (bicyclic) bond motifs is 1. The summed E-state index contributed by atoms with van der Waals surface area (Å²) in [5.41, 5.74) is 1.36. The number of amides is 1. The number of likely N-dealkylation sites (tertiary alicyclic amines) is 1. The zero-order valence-corrected chi connectivity index (χ0v) is 13.6. The highest BCUT2D eigenvalue weighted by Gasteiger charge is 2.27. The third-order valence-electron chi connectivity index (χ3n) is 4.23. The van der Waals surface area contributed by atoms with E-state index in [0.717, 1.165) is 25.1 Å². The van der Waals surface area contributed by atoms with E-state index in [9.17, 15) is 4.79 Å². The van der Waals surface area contributed by atoms with Crippen molar-refractivity contribution >= 4 is 23.3 Å². The Hall–Kier alpha value is -2.54. The third-order valence-corrected chi connectivity index (χ3v) is 4.42. The van der Waals surface area contributed by atoms with Crippen molar-refractivity contribution in [2.24, 2.45) is 0 Å². The molecule has 1 aliphatic rings. The van der Waals surface area contributed by atoms with E-state index >= 15 is 0 Å². The van der Waals surface area contributed by atoms with Gasteiger partial charge >= 0.3 is 0 Å². The normalized spacial score (nSPS) is 18.0. The van der Waals surface area contributed by atoms with Gasteiger partial charge in [-0.15, -0.1) is 0 Å². The Morgan fingerprint density at radius 2 is 2.21 bits per heavy atom. The average Bonchev–Trinajstić information content (AvgIpc) is 3.05. The van der Waals surface area contributed by atoms with Crippen molar-refractivity contribution in [2.45, 2.75) is 18.8 Å². The molecule has 122 valence electrons. The maximum absolute atomic E-state index is 12.8. The molecule has 1 aliphatic heterocycles. The molecule has 0 unspecified atom stereocenters. The molecule has 0 aromatic carbocycles. The SMILES string of the molecule is O=C(c1cn2cc(Cl)cnc2n1)N1CCC[C@H](c2ccncn2)C1. The number of carbonyl (C=O) groups is 1. The Bertz CT molecular complexity index is 881. The van der Waals surface area contributed by atoms with Gasteiger partial charge in [0.05, 0.1) is 11.2 Å². The third kappa shape index (κ3) is 2.82. The van der Waals surface area contributed by atoms with Gasteiger partial charge in [-0.05, 0) is 18.9 Å². The molecule has 0 aliphatic carbocycles. The topological polar surface area (TPSA) is 76.3 Å². The second-order valence-electron chi connectivity index (χ2n) is 5.83. The number of piperidine rings is 1. The molecule has 8 heteroatoms. The van der Waals surface area contributed by atoms with E-state index in [2.05, 4.69) is 19.9 Å². The Morgan fingerprint density at radius 3 is 3.04 bits per heavy atom. The summed E-state index contributed by atoms with van der Waals surface area (Å²) in [5, 5.41) is 0.501. The number of halogens is 1. The van der Waals surface area contributed by atoms with E-state index in [4.69, 9.17) is 11.6 Å². The van der Waals surface area contributed by atoms with Crippen molar-refractivity contribution in [1.82, 2.24) is 29.2 Å². The molecule has 24 heavy (non-hydrogen) atoms. The van der Waals surface area contributed by atoms with Gasteiger partial charge < -0.3 is 4.90 Å². The minimum absolute atomic E-state index is 0.0876. The fourth-order valence-corrected chi connectivity index (χ4v) is 3.22. The number of aromatic nitrogens is 5. The first kappa shape index (κ1) is 15.0. The molecule has 7 nitrogen and oxygen atoms in total. The molecule has 4 heterocycles. The molecule has 1 atom stereocenters. The summed E-state index contributed by atoms with van der Waals surface area (Å²) in [6, 6.07) is 1.91. The van der Waals surface area contributed by atoms with Crippen LogP contribution in [0.4, 0.5) is 0 Å². The van der Waals surface area contributed by atoms with Crippen LogP contribution in [-0.2, 0) is 0 Å². The first-order valence-corrected chi connectivity index (χ1v) is 8.14. The fourth-order valence-electron chi connectivity index (χ4n) is 3.07. The van der Waals surface area contributed by atoms with Crippen LogP contribution in [0.3, 0.4) is 0 Å². The Balaban J connectivity index is 1.56. The van der Waals surface area contributed by atoms with Crippen molar-refractivity contribution in [2.75, 3.05) is 13.1 Å². The molecule has 0 saturated carbocycles. The average molecular weight is 343 g/mol. The van der Waals surface area contributed by atoms with Gasteiger partial charge in [-0.1, -0.05) is 11.6 Å². The molecule has 4 rings (SSSR count). The van der Waals surface area contributed by atoms with Gasteiger partial charge in [0.25, 0.3) is 5.91 Å². The summed E-state index contributed by atoms with van der Waals surface area (Å²) in [6.07, 6.45) is 10.1. The lowest BCUT2D eigenvalue weighted by atomic mass is 9.94. The molecular weight excluding hydrogens is 328 g/mol. The van der Waals surface area contributed by atoms with Gasteiger partial charge in [-0.2, -0.15) is 0 Å². The van der Waals surface area contributed by atoms with Crippen LogP contribution in [0.25, 0.3) is 5.78 Å². The van der Waals surface area contributed by atoms with Gasteiger partial charge in [0.15, 0.2) is 0 Å². The summed E-state index contributed by atoms with van der Waals surface area (Å²) < 4.78 is 1.67. The number of hydrogen-bond donors (Lipinski definition) is 0. The van der Waals surface area contributed by atoms with Crippen molar-refractivity contribution in [3.8, 4) is 0 Å². The quantitative estimate of drug-likeness (QED) is 0.713. The maximum Gasteiger partial charge on any atom is 0.274 e. The highest BCUT2D eigenvalue weighted by Crippen LogP contribution is 2.26. The fraction of sp³-hybridized carbons (Fsp3) is 0.312. The van der Waals surface area contributed by atoms with Gasteiger partial charge in [-0.25, -0.2) is 19.9 Å². The lowest BCUT2D eigenvalue weighted by Crippen LogP contribution is -2.39. The molecule has 0 radical (unpaired) electrons. The number of carbonyl (C=O) groups excluding carboxylic acids is 1. The minimum Gasteiger partial charge on any atom is -0.337 e. The summed E-state index contributed by atoms with van der Waals surface area (Å²) >= 11 is 5.92. The van der Waals surface area contributed by atoms with Crippen molar-refractivity contribution in [1.29, 1.82) is 0 Å². The molecule has 1 amide bonds. The van der Waals surface area contributed by atoms with Crippen LogP contribution < -0.4 is 0 Å². The van der Waals surface area contributed by atoms with Crippen LogP contribution in [0.15, 0.2) is 37.2 Å². The van der Waals surface area contributed by atoms with E-state index in [-0.39, 0.29) is 11.8 Å². The second-order valence-corrected chi connectivity index (χ2v) is 6.27. The smallest absolute Gasteiger partial charge is 0.274 e. The summed E-state index contributed by atoms with van der Waals surface area (Å²) in [6.45, 7) is 1.36. The van der Waals surface area contributed by atoms with Crippen molar-refractivity contribution in [3.63, 3.8) is 0 Å². The second kappa shape index (κ2) is 6.16. The van der Waals surface area contributed by atoms with Crippen LogP contribution in [-0.4, -0.2) is 48.2 Å². The molecule has 0 spiro atoms. The van der Waals surface area contributed by atoms with E-state index in [1.54, 1.807) is 29.3 Å². The number of nitrogens with zero attached hydrogens (tertiary/aromatic N) is 6. The van der Waals surface area contributed by atoms with Crippen LogP contribution >= 0.6 is 11.6 Å². The van der Waals surface area contributed by atoms with Gasteiger partial charge in [0.2, 0.25) is 5.78 Å². The van der Waals surface area contributed by atoms with E-state index < -0.39 is 0 Å². The zero-order valence-electron chi connectivity index (χ0n) is 12.8. The van der Waals surface area contributed by atoms with Crippen LogP contribution in [0, 0.1) is 0 Å². The predicted octanol–water partition coefficient (Wildman–Crippen LogP) is 2.19. The van der Waals surface area contributed by atoms with Crippen molar-refractivity contribution < 1.29 is 4.79 Å². The Labute approximate surface area is 143 Å². The summed E-state index contributed by atoms with van der Waals surface area (Å²) in [4.78, 5) is 31.3. The largest absolute Gasteiger partial charge is 0.337 e. The highest BCUT2D eigenvalue weighted by atomic mass is 35.5. The number of imidazole rings is 1. The molecule has 1 saturated heterocycles. The Morgan fingerprint density at radius 1 is 1.29 bits per heavy atom. The monoisotopic (exact) mass is 342 g/mol. The first-order valence-electron chi connectivity index (χ1n) is 7.76. The molecule has 3 aromatic heterocycles. The maximum atomic E-state index is 12.8. The molecule has 0 N–H and O–H groups in total. The zero-order chi connectivity index (χ0) is 16.5. The predicted molar refractivity (Wildman–Crippen MR) is 87.9 cm³/mol. The van der Waals surface area contributed by atoms with Crippen LogP contribution in [0.1, 0.15) is 34.9 Å². The van der Waals surface area contributed by atoms with Crippen LogP contribution in [0.2, 0.25) is 5.02 Å². The number of hydrogen-bond acceptors (Lipinski definition) is 5. The molecule has 1 fully saturated rings. The molecule has 0 bridgehead atoms. The minimum atomic E-state index is -0.0876. The van der Waals surface area contributed by atoms with E-state index in [0.29, 0.717) is 23.0 Å². The number of rotatable bonds is 2. The Kier molecular flexibility index (Phi) is 3.86. The first-order chi connectivity index (χ1) is 11.7. The van der Waals surface area contributed by atoms with Gasteiger partial charge in [0, 0.05) is 43.3 Å². The van der Waals surface area contributed by atoms with Gasteiger partial charge in [0.1, 0.15) is 12.0 Å². The summed E-state index contributed by atoms with van der Waals surface area (Å²) in [7, 11) is 0. The lowest BCUT2D eigenvalue weighted by Gasteiger charge is -2.31. The lowest BCUT2D eigenvalue weighted by molar-refractivity contribution is 0.0700. The standard InChI is InChI=1S/C16H15ClN6O/c17-12-6-19-16-21-14(9-23(16)8-12)15(24)22-5-1-2-11(7-22)13-3-4-18-10-20-13/h3-4,6,8-11H,1-2,5,7H2/t11-/m0/s1. The van der Waals surface area contributed by atoms with E-state index in [1.807, 2.05) is 11.0 Å². The molecular formula is C16H15ClN6O.